The lowest BCUT2D eigenvalue weighted by molar-refractivity contribution is -0.123. The number of hydrogen-bond acceptors (Lipinski definition) is 5. The first-order chi connectivity index (χ1) is 11.2. The van der Waals surface area contributed by atoms with Gasteiger partial charge in [0.2, 0.25) is 11.9 Å². The van der Waals surface area contributed by atoms with Crippen LogP contribution in [0.1, 0.15) is 11.7 Å². The molecule has 0 radical (unpaired) electrons. The monoisotopic (exact) mass is 315 g/mol. The van der Waals surface area contributed by atoms with E-state index < -0.39 is 6.10 Å². The summed E-state index contributed by atoms with van der Waals surface area (Å²) in [5.74, 6) is 1.77. The van der Waals surface area contributed by atoms with E-state index in [1.165, 1.54) is 21.3 Å². The molecule has 1 aliphatic heterocycles. The molecule has 6 heteroatoms. The highest BCUT2D eigenvalue weighted by molar-refractivity contribution is 5.98. The average molecular weight is 315 g/mol. The number of carbonyl (C=O) groups excluding carboxylic acids is 1. The number of amides is 1. The summed E-state index contributed by atoms with van der Waals surface area (Å²) < 4.78 is 21.8. The summed E-state index contributed by atoms with van der Waals surface area (Å²) in [6.45, 7) is 0. The number of hydrogen-bond donors (Lipinski definition) is 1. The first-order valence-electron chi connectivity index (χ1n) is 7.04. The van der Waals surface area contributed by atoms with Gasteiger partial charge in [0.05, 0.1) is 27.0 Å². The Bertz CT molecular complexity index is 719. The van der Waals surface area contributed by atoms with E-state index in [0.29, 0.717) is 34.2 Å². The number of anilines is 1. The van der Waals surface area contributed by atoms with Crippen LogP contribution >= 0.6 is 0 Å². The molecule has 0 aromatic heterocycles. The molecule has 2 aromatic rings. The number of benzene rings is 2. The van der Waals surface area contributed by atoms with Crippen LogP contribution in [0.4, 0.5) is 5.69 Å². The molecule has 1 aliphatic rings. The summed E-state index contributed by atoms with van der Waals surface area (Å²) >= 11 is 0. The van der Waals surface area contributed by atoms with Crippen molar-refractivity contribution in [3.63, 3.8) is 0 Å². The van der Waals surface area contributed by atoms with Gasteiger partial charge in [-0.2, -0.15) is 0 Å². The van der Waals surface area contributed by atoms with Crippen LogP contribution < -0.4 is 24.3 Å². The Morgan fingerprint density at radius 1 is 1.00 bits per heavy atom. The maximum absolute atomic E-state index is 12.4. The van der Waals surface area contributed by atoms with Crippen molar-refractivity contribution in [1.29, 1.82) is 0 Å². The topological polar surface area (TPSA) is 66.0 Å². The lowest BCUT2D eigenvalue weighted by Crippen LogP contribution is -2.30. The molecule has 1 unspecified atom stereocenters. The Balaban J connectivity index is 2.03. The van der Waals surface area contributed by atoms with E-state index in [1.54, 1.807) is 24.3 Å². The van der Waals surface area contributed by atoms with Crippen molar-refractivity contribution in [2.24, 2.45) is 0 Å². The molecule has 2 aromatic carbocycles. The Hall–Kier alpha value is -2.89. The van der Waals surface area contributed by atoms with Gasteiger partial charge in [-0.05, 0) is 24.3 Å². The van der Waals surface area contributed by atoms with Crippen molar-refractivity contribution in [3.8, 4) is 23.0 Å². The summed E-state index contributed by atoms with van der Waals surface area (Å²) in [7, 11) is 4.58. The van der Waals surface area contributed by atoms with Crippen LogP contribution in [-0.4, -0.2) is 27.2 Å². The van der Waals surface area contributed by atoms with E-state index in [-0.39, 0.29) is 5.91 Å². The van der Waals surface area contributed by atoms with Crippen molar-refractivity contribution in [3.05, 3.63) is 42.0 Å². The van der Waals surface area contributed by atoms with Crippen molar-refractivity contribution < 1.29 is 23.7 Å². The zero-order chi connectivity index (χ0) is 16.4. The predicted molar refractivity (Wildman–Crippen MR) is 84.5 cm³/mol. The second-order valence-corrected chi connectivity index (χ2v) is 4.94. The maximum Gasteiger partial charge on any atom is 0.270 e. The van der Waals surface area contributed by atoms with Crippen LogP contribution in [0.3, 0.4) is 0 Å². The molecular weight excluding hydrogens is 298 g/mol. The van der Waals surface area contributed by atoms with Crippen molar-refractivity contribution in [2.75, 3.05) is 26.6 Å². The number of ether oxygens (including phenoxy) is 4. The first kappa shape index (κ1) is 15.0. The largest absolute Gasteiger partial charge is 0.493 e. The highest BCUT2D eigenvalue weighted by atomic mass is 16.5. The quantitative estimate of drug-likeness (QED) is 0.940. The maximum atomic E-state index is 12.4. The third kappa shape index (κ3) is 2.63. The van der Waals surface area contributed by atoms with Crippen LogP contribution in [0.2, 0.25) is 0 Å². The number of para-hydroxylation sites is 2. The van der Waals surface area contributed by atoms with E-state index in [2.05, 4.69) is 5.32 Å². The van der Waals surface area contributed by atoms with Gasteiger partial charge in [0.1, 0.15) is 5.75 Å². The second kappa shape index (κ2) is 6.08. The molecule has 0 fully saturated rings. The van der Waals surface area contributed by atoms with Crippen LogP contribution in [0, 0.1) is 0 Å². The Labute approximate surface area is 133 Å². The van der Waals surface area contributed by atoms with Gasteiger partial charge >= 0.3 is 0 Å². The predicted octanol–water partition coefficient (Wildman–Crippen LogP) is 2.78. The van der Waals surface area contributed by atoms with Gasteiger partial charge in [0, 0.05) is 5.56 Å². The van der Waals surface area contributed by atoms with E-state index in [9.17, 15) is 4.79 Å². The minimum absolute atomic E-state index is 0.252. The van der Waals surface area contributed by atoms with Gasteiger partial charge in [0.25, 0.3) is 5.91 Å². The van der Waals surface area contributed by atoms with E-state index in [0.717, 1.165) is 0 Å². The van der Waals surface area contributed by atoms with Crippen molar-refractivity contribution >= 4 is 11.6 Å². The Morgan fingerprint density at radius 3 is 2.26 bits per heavy atom. The van der Waals surface area contributed by atoms with Crippen LogP contribution in [0.15, 0.2) is 36.4 Å². The lowest BCUT2D eigenvalue weighted by Gasteiger charge is -2.26. The number of methoxy groups -OCH3 is 3. The van der Waals surface area contributed by atoms with Crippen LogP contribution in [-0.2, 0) is 4.79 Å². The molecule has 0 aliphatic carbocycles. The fourth-order valence-electron chi connectivity index (χ4n) is 2.52. The van der Waals surface area contributed by atoms with Gasteiger partial charge in [-0.15, -0.1) is 0 Å². The summed E-state index contributed by atoms with van der Waals surface area (Å²) in [6, 6.07) is 10.7. The fourth-order valence-corrected chi connectivity index (χ4v) is 2.52. The van der Waals surface area contributed by atoms with Gasteiger partial charge in [-0.1, -0.05) is 12.1 Å². The van der Waals surface area contributed by atoms with E-state index >= 15 is 0 Å². The van der Waals surface area contributed by atoms with Crippen molar-refractivity contribution in [2.45, 2.75) is 6.10 Å². The fraction of sp³-hybridized carbons (Fsp3) is 0.235. The normalized spacial score (nSPS) is 16.0. The van der Waals surface area contributed by atoms with Crippen LogP contribution in [0.25, 0.3) is 0 Å². The second-order valence-electron chi connectivity index (χ2n) is 4.94. The van der Waals surface area contributed by atoms with Gasteiger partial charge in [-0.25, -0.2) is 0 Å². The molecule has 0 spiro atoms. The van der Waals surface area contributed by atoms with E-state index in [1.807, 2.05) is 12.1 Å². The highest BCUT2D eigenvalue weighted by Gasteiger charge is 2.30. The minimum Gasteiger partial charge on any atom is -0.493 e. The standard InChI is InChI=1S/C17H17NO5/c1-20-13-8-10(9-14(21-2)16(13)22-3)15-17(19)18-11-6-4-5-7-12(11)23-15/h4-9,15H,1-3H3,(H,18,19). The number of nitrogens with one attached hydrogen (secondary N) is 1. The average Bonchev–Trinajstić information content (AvgIpc) is 2.59. The molecular formula is C17H17NO5. The van der Waals surface area contributed by atoms with Gasteiger partial charge in [-0.3, -0.25) is 4.79 Å². The molecule has 1 heterocycles. The molecule has 0 saturated carbocycles. The Kier molecular flexibility index (Phi) is 3.97. The number of rotatable bonds is 4. The highest BCUT2D eigenvalue weighted by Crippen LogP contribution is 2.42. The molecule has 0 saturated heterocycles. The molecule has 3 rings (SSSR count). The summed E-state index contributed by atoms with van der Waals surface area (Å²) in [5.41, 5.74) is 1.27. The van der Waals surface area contributed by atoms with E-state index in [4.69, 9.17) is 18.9 Å². The third-order valence-corrected chi connectivity index (χ3v) is 3.62. The summed E-state index contributed by atoms with van der Waals surface area (Å²) in [5, 5.41) is 2.84. The number of carbonyl (C=O) groups is 1. The minimum atomic E-state index is -0.793. The first-order valence-corrected chi connectivity index (χ1v) is 7.04. The molecule has 1 N–H and O–H groups in total. The molecule has 0 bridgehead atoms. The van der Waals surface area contributed by atoms with Gasteiger partial charge in [0.15, 0.2) is 11.5 Å². The number of fused-ring (bicyclic) bond motifs is 1. The smallest absolute Gasteiger partial charge is 0.270 e. The molecule has 6 nitrogen and oxygen atoms in total. The molecule has 23 heavy (non-hydrogen) atoms. The van der Waals surface area contributed by atoms with Gasteiger partial charge < -0.3 is 24.3 Å². The summed E-state index contributed by atoms with van der Waals surface area (Å²) in [4.78, 5) is 12.4. The Morgan fingerprint density at radius 2 is 1.65 bits per heavy atom. The lowest BCUT2D eigenvalue weighted by atomic mass is 10.1. The van der Waals surface area contributed by atoms with Crippen molar-refractivity contribution in [1.82, 2.24) is 0 Å². The third-order valence-electron chi connectivity index (χ3n) is 3.62. The zero-order valence-corrected chi connectivity index (χ0v) is 13.1. The molecule has 120 valence electrons. The molecule has 1 atom stereocenters. The SMILES string of the molecule is COc1cc(C2Oc3ccccc3NC2=O)cc(OC)c1OC. The zero-order valence-electron chi connectivity index (χ0n) is 13.1. The van der Waals surface area contributed by atoms with Crippen LogP contribution in [0.5, 0.6) is 23.0 Å². The molecule has 1 amide bonds. The summed E-state index contributed by atoms with van der Waals surface area (Å²) in [6.07, 6.45) is -0.793.